The second-order valence-electron chi connectivity index (χ2n) is 5.32. The van der Waals surface area contributed by atoms with Crippen LogP contribution in [-0.2, 0) is 0 Å². The minimum Gasteiger partial charge on any atom is -0.271 e. The van der Waals surface area contributed by atoms with Crippen molar-refractivity contribution in [3.63, 3.8) is 0 Å². The lowest BCUT2D eigenvalue weighted by Gasteiger charge is -2.21. The number of aryl methyl sites for hydroxylation is 4. The SMILES string of the molecule is Cc1ccc(C(NN)c2ccc(C)cc2C)c(C)c1. The molecule has 2 rings (SSSR count). The van der Waals surface area contributed by atoms with Crippen LogP contribution in [0, 0.1) is 27.7 Å². The van der Waals surface area contributed by atoms with E-state index in [1.54, 1.807) is 0 Å². The van der Waals surface area contributed by atoms with Crippen LogP contribution < -0.4 is 11.3 Å². The number of rotatable bonds is 3. The topological polar surface area (TPSA) is 38.0 Å². The average molecular weight is 254 g/mol. The summed E-state index contributed by atoms with van der Waals surface area (Å²) in [6, 6.07) is 13.0. The summed E-state index contributed by atoms with van der Waals surface area (Å²) in [5, 5.41) is 0. The highest BCUT2D eigenvalue weighted by Crippen LogP contribution is 2.27. The Hall–Kier alpha value is -1.64. The second-order valence-corrected chi connectivity index (χ2v) is 5.32. The fourth-order valence-electron chi connectivity index (χ4n) is 2.65. The molecule has 0 amide bonds. The van der Waals surface area contributed by atoms with Gasteiger partial charge in [0.25, 0.3) is 0 Å². The predicted octanol–water partition coefficient (Wildman–Crippen LogP) is 3.47. The molecule has 0 aromatic heterocycles. The van der Waals surface area contributed by atoms with Crippen molar-refractivity contribution in [1.29, 1.82) is 0 Å². The van der Waals surface area contributed by atoms with E-state index in [1.807, 2.05) is 0 Å². The Labute approximate surface area is 115 Å². The van der Waals surface area contributed by atoms with Gasteiger partial charge in [0.2, 0.25) is 0 Å². The van der Waals surface area contributed by atoms with E-state index in [0.717, 1.165) is 0 Å². The first-order valence-corrected chi connectivity index (χ1v) is 6.63. The molecule has 0 saturated carbocycles. The van der Waals surface area contributed by atoms with Gasteiger partial charge in [0.1, 0.15) is 0 Å². The number of hydrogen-bond donors (Lipinski definition) is 2. The smallest absolute Gasteiger partial charge is 0.0715 e. The van der Waals surface area contributed by atoms with Crippen molar-refractivity contribution < 1.29 is 0 Å². The van der Waals surface area contributed by atoms with Crippen LogP contribution in [0.4, 0.5) is 0 Å². The fourth-order valence-corrected chi connectivity index (χ4v) is 2.65. The Morgan fingerprint density at radius 2 is 1.21 bits per heavy atom. The molecule has 2 heteroatoms. The summed E-state index contributed by atoms with van der Waals surface area (Å²) in [6.07, 6.45) is 0. The molecule has 0 aliphatic rings. The summed E-state index contributed by atoms with van der Waals surface area (Å²) < 4.78 is 0. The highest BCUT2D eigenvalue weighted by Gasteiger charge is 2.16. The van der Waals surface area contributed by atoms with Gasteiger partial charge in [-0.1, -0.05) is 47.5 Å². The van der Waals surface area contributed by atoms with Gasteiger partial charge in [0.15, 0.2) is 0 Å². The van der Waals surface area contributed by atoms with Crippen LogP contribution in [0.3, 0.4) is 0 Å². The maximum absolute atomic E-state index is 5.80. The molecule has 0 bridgehead atoms. The van der Waals surface area contributed by atoms with E-state index in [1.165, 1.54) is 33.4 Å². The Bertz CT molecular complexity index is 536. The predicted molar refractivity (Wildman–Crippen MR) is 81.0 cm³/mol. The molecule has 0 aliphatic heterocycles. The van der Waals surface area contributed by atoms with Crippen LogP contribution in [0.1, 0.15) is 39.4 Å². The number of benzene rings is 2. The third-order valence-corrected chi connectivity index (χ3v) is 3.64. The molecule has 19 heavy (non-hydrogen) atoms. The van der Waals surface area contributed by atoms with Crippen molar-refractivity contribution in [2.75, 3.05) is 0 Å². The van der Waals surface area contributed by atoms with Crippen LogP contribution in [0.5, 0.6) is 0 Å². The van der Waals surface area contributed by atoms with E-state index in [2.05, 4.69) is 69.5 Å². The van der Waals surface area contributed by atoms with Crippen LogP contribution in [-0.4, -0.2) is 0 Å². The van der Waals surface area contributed by atoms with Crippen LogP contribution in [0.2, 0.25) is 0 Å². The van der Waals surface area contributed by atoms with Gasteiger partial charge < -0.3 is 0 Å². The van der Waals surface area contributed by atoms with E-state index in [0.29, 0.717) is 0 Å². The molecule has 2 aromatic rings. The molecule has 2 nitrogen and oxygen atoms in total. The first-order chi connectivity index (χ1) is 9.02. The zero-order chi connectivity index (χ0) is 14.0. The Morgan fingerprint density at radius 3 is 1.53 bits per heavy atom. The second kappa shape index (κ2) is 5.55. The summed E-state index contributed by atoms with van der Waals surface area (Å²) in [4.78, 5) is 0. The maximum Gasteiger partial charge on any atom is 0.0715 e. The number of nitrogens with one attached hydrogen (secondary N) is 1. The fraction of sp³-hybridized carbons (Fsp3) is 0.294. The molecule has 0 unspecified atom stereocenters. The molecule has 0 fully saturated rings. The summed E-state index contributed by atoms with van der Waals surface area (Å²) in [7, 11) is 0. The lowest BCUT2D eigenvalue weighted by atomic mass is 9.91. The van der Waals surface area contributed by atoms with Crippen LogP contribution in [0.25, 0.3) is 0 Å². The number of hydrogen-bond acceptors (Lipinski definition) is 2. The zero-order valence-corrected chi connectivity index (χ0v) is 12.1. The third kappa shape index (κ3) is 2.86. The molecule has 3 N–H and O–H groups in total. The molecule has 0 spiro atoms. The van der Waals surface area contributed by atoms with Crippen molar-refractivity contribution in [2.45, 2.75) is 33.7 Å². The van der Waals surface area contributed by atoms with Gasteiger partial charge in [-0.25, -0.2) is 5.43 Å². The van der Waals surface area contributed by atoms with E-state index in [-0.39, 0.29) is 6.04 Å². The van der Waals surface area contributed by atoms with Crippen molar-refractivity contribution in [3.05, 3.63) is 69.8 Å². The van der Waals surface area contributed by atoms with E-state index in [4.69, 9.17) is 5.84 Å². The summed E-state index contributed by atoms with van der Waals surface area (Å²) in [6.45, 7) is 8.49. The van der Waals surface area contributed by atoms with E-state index in [9.17, 15) is 0 Å². The van der Waals surface area contributed by atoms with Gasteiger partial charge in [-0.2, -0.15) is 0 Å². The highest BCUT2D eigenvalue weighted by molar-refractivity contribution is 5.42. The minimum atomic E-state index is 0.0428. The quantitative estimate of drug-likeness (QED) is 0.650. The van der Waals surface area contributed by atoms with Crippen molar-refractivity contribution >= 4 is 0 Å². The molecule has 0 aliphatic carbocycles. The van der Waals surface area contributed by atoms with Crippen molar-refractivity contribution in [1.82, 2.24) is 5.43 Å². The molecule has 0 radical (unpaired) electrons. The monoisotopic (exact) mass is 254 g/mol. The van der Waals surface area contributed by atoms with Gasteiger partial charge in [-0.15, -0.1) is 0 Å². The lowest BCUT2D eigenvalue weighted by molar-refractivity contribution is 0.630. The maximum atomic E-state index is 5.80. The highest BCUT2D eigenvalue weighted by atomic mass is 15.2. The summed E-state index contributed by atoms with van der Waals surface area (Å²) in [5.41, 5.74) is 10.5. The minimum absolute atomic E-state index is 0.0428. The largest absolute Gasteiger partial charge is 0.271 e. The zero-order valence-electron chi connectivity index (χ0n) is 12.1. The Kier molecular flexibility index (Phi) is 4.03. The first-order valence-electron chi connectivity index (χ1n) is 6.63. The van der Waals surface area contributed by atoms with E-state index >= 15 is 0 Å². The lowest BCUT2D eigenvalue weighted by Crippen LogP contribution is -2.30. The van der Waals surface area contributed by atoms with E-state index < -0.39 is 0 Å². The molecule has 0 atom stereocenters. The molecule has 0 heterocycles. The van der Waals surface area contributed by atoms with Gasteiger partial charge in [0, 0.05) is 0 Å². The van der Waals surface area contributed by atoms with Crippen molar-refractivity contribution in [3.8, 4) is 0 Å². The molecule has 100 valence electrons. The molecule has 2 aromatic carbocycles. The van der Waals surface area contributed by atoms with Crippen molar-refractivity contribution in [2.24, 2.45) is 5.84 Å². The molecular weight excluding hydrogens is 232 g/mol. The number of nitrogens with two attached hydrogens (primary N) is 1. The standard InChI is InChI=1S/C17H22N2/c1-11-5-7-15(13(3)9-11)17(19-18)16-8-6-12(2)10-14(16)4/h5-10,17,19H,18H2,1-4H3. The van der Waals surface area contributed by atoms with Gasteiger partial charge in [0.05, 0.1) is 6.04 Å². The number of hydrazine groups is 1. The Morgan fingerprint density at radius 1 is 0.789 bits per heavy atom. The summed E-state index contributed by atoms with van der Waals surface area (Å²) in [5.74, 6) is 5.80. The van der Waals surface area contributed by atoms with Gasteiger partial charge in [-0.05, 0) is 49.9 Å². The van der Waals surface area contributed by atoms with Crippen LogP contribution >= 0.6 is 0 Å². The third-order valence-electron chi connectivity index (χ3n) is 3.64. The first kappa shape index (κ1) is 13.8. The molecule has 0 saturated heterocycles. The van der Waals surface area contributed by atoms with Gasteiger partial charge >= 0.3 is 0 Å². The Balaban J connectivity index is 2.50. The van der Waals surface area contributed by atoms with Crippen LogP contribution in [0.15, 0.2) is 36.4 Å². The van der Waals surface area contributed by atoms with Gasteiger partial charge in [-0.3, -0.25) is 5.84 Å². The normalized spacial score (nSPS) is 11.1. The molecular formula is C17H22N2. The average Bonchev–Trinajstić information content (AvgIpc) is 2.34. The summed E-state index contributed by atoms with van der Waals surface area (Å²) >= 11 is 0.